The smallest absolute Gasteiger partial charge is 0.115 e. The number of hydrogen-bond donors (Lipinski definition) is 1. The number of aliphatic imine (C=N–C) groups is 1. The molecule has 2 nitrogen and oxygen atoms in total. The van der Waals surface area contributed by atoms with E-state index >= 15 is 0 Å². The van der Waals surface area contributed by atoms with E-state index in [4.69, 9.17) is 5.73 Å². The molecule has 0 rings (SSSR count). The molecule has 0 saturated heterocycles. The summed E-state index contributed by atoms with van der Waals surface area (Å²) in [5.74, 6) is 0.376. The van der Waals surface area contributed by atoms with E-state index in [9.17, 15) is 0 Å². The van der Waals surface area contributed by atoms with E-state index in [-0.39, 0.29) is 5.41 Å². The Morgan fingerprint density at radius 1 is 1.70 bits per heavy atom. The molecule has 0 saturated carbocycles. The summed E-state index contributed by atoms with van der Waals surface area (Å²) in [5, 5.41) is 0. The average Bonchev–Trinajstić information content (AvgIpc) is 1.85. The van der Waals surface area contributed by atoms with Gasteiger partial charge in [0.15, 0.2) is 0 Å². The van der Waals surface area contributed by atoms with Gasteiger partial charge in [-0.15, -0.1) is 0 Å². The van der Waals surface area contributed by atoms with E-state index < -0.39 is 0 Å². The van der Waals surface area contributed by atoms with Crippen LogP contribution in [0.3, 0.4) is 0 Å². The van der Waals surface area contributed by atoms with Crippen LogP contribution in [0.2, 0.25) is 0 Å². The van der Waals surface area contributed by atoms with Crippen LogP contribution in [0, 0.1) is 5.41 Å². The lowest BCUT2D eigenvalue weighted by molar-refractivity contribution is 0.515. The summed E-state index contributed by atoms with van der Waals surface area (Å²) in [7, 11) is 0. The van der Waals surface area contributed by atoms with E-state index in [2.05, 4.69) is 32.3 Å². The van der Waals surface area contributed by atoms with Crippen LogP contribution < -0.4 is 5.73 Å². The van der Waals surface area contributed by atoms with Gasteiger partial charge in [-0.2, -0.15) is 0 Å². The first-order valence-electron chi connectivity index (χ1n) is 3.47. The molecule has 0 aliphatic heterocycles. The number of nitrogens with zero attached hydrogens (tertiary/aromatic N) is 1. The standard InChI is InChI=1S/C8H16N2/c1-5-8(3,4)6-10-7(2)9/h6H,2,5,9H2,1,3-4H3/b10-6-. The largest absolute Gasteiger partial charge is 0.384 e. The van der Waals surface area contributed by atoms with Gasteiger partial charge in [0, 0.05) is 6.21 Å². The first-order valence-corrected chi connectivity index (χ1v) is 3.47. The molecule has 0 heterocycles. The van der Waals surface area contributed by atoms with Gasteiger partial charge in [-0.05, 0) is 11.8 Å². The second-order valence-electron chi connectivity index (χ2n) is 3.09. The molecule has 0 aliphatic carbocycles. The quantitative estimate of drug-likeness (QED) is 0.597. The maximum atomic E-state index is 5.26. The molecule has 0 aliphatic rings. The van der Waals surface area contributed by atoms with Crippen molar-refractivity contribution in [2.45, 2.75) is 27.2 Å². The average molecular weight is 140 g/mol. The zero-order valence-electron chi connectivity index (χ0n) is 7.02. The molecule has 0 aromatic heterocycles. The minimum Gasteiger partial charge on any atom is -0.384 e. The van der Waals surface area contributed by atoms with Gasteiger partial charge in [0.25, 0.3) is 0 Å². The van der Waals surface area contributed by atoms with Gasteiger partial charge < -0.3 is 5.73 Å². The lowest BCUT2D eigenvalue weighted by atomic mass is 9.92. The molecule has 0 bridgehead atoms. The summed E-state index contributed by atoms with van der Waals surface area (Å²) >= 11 is 0. The summed E-state index contributed by atoms with van der Waals surface area (Å²) < 4.78 is 0. The molecule has 2 N–H and O–H groups in total. The molecule has 2 heteroatoms. The summed E-state index contributed by atoms with van der Waals surface area (Å²) in [6.07, 6.45) is 2.90. The molecule has 58 valence electrons. The first-order chi connectivity index (χ1) is 4.48. The van der Waals surface area contributed by atoms with Crippen LogP contribution in [0.25, 0.3) is 0 Å². The number of hydrogen-bond acceptors (Lipinski definition) is 2. The highest BCUT2D eigenvalue weighted by atomic mass is 14.9. The van der Waals surface area contributed by atoms with Crippen LogP contribution in [-0.2, 0) is 0 Å². The van der Waals surface area contributed by atoms with Crippen LogP contribution in [-0.4, -0.2) is 6.21 Å². The van der Waals surface area contributed by atoms with Crippen molar-refractivity contribution in [3.05, 3.63) is 12.4 Å². The van der Waals surface area contributed by atoms with Crippen LogP contribution in [0.4, 0.5) is 0 Å². The molecule has 0 radical (unpaired) electrons. The molecule has 0 aromatic rings. The highest BCUT2D eigenvalue weighted by molar-refractivity contribution is 5.65. The van der Waals surface area contributed by atoms with Crippen LogP contribution in [0.15, 0.2) is 17.4 Å². The van der Waals surface area contributed by atoms with Gasteiger partial charge in [-0.25, -0.2) is 4.99 Å². The Morgan fingerprint density at radius 2 is 2.20 bits per heavy atom. The third-order valence-corrected chi connectivity index (χ3v) is 1.49. The van der Waals surface area contributed by atoms with Gasteiger partial charge in [-0.3, -0.25) is 0 Å². The topological polar surface area (TPSA) is 38.4 Å². The van der Waals surface area contributed by atoms with Crippen molar-refractivity contribution in [2.24, 2.45) is 16.1 Å². The van der Waals surface area contributed by atoms with Crippen LogP contribution in [0.1, 0.15) is 27.2 Å². The number of nitrogens with two attached hydrogens (primary N) is 1. The minimum atomic E-state index is 0.141. The third kappa shape index (κ3) is 4.13. The Bertz CT molecular complexity index is 145. The Kier molecular flexibility index (Phi) is 3.13. The summed E-state index contributed by atoms with van der Waals surface area (Å²) in [6, 6.07) is 0. The molecular formula is C8H16N2. The maximum Gasteiger partial charge on any atom is 0.115 e. The van der Waals surface area contributed by atoms with Gasteiger partial charge in [0.2, 0.25) is 0 Å². The van der Waals surface area contributed by atoms with Crippen molar-refractivity contribution in [2.75, 3.05) is 0 Å². The molecular weight excluding hydrogens is 124 g/mol. The van der Waals surface area contributed by atoms with Gasteiger partial charge in [0.1, 0.15) is 5.82 Å². The van der Waals surface area contributed by atoms with Gasteiger partial charge in [0.05, 0.1) is 0 Å². The lowest BCUT2D eigenvalue weighted by Crippen LogP contribution is -2.11. The normalized spacial score (nSPS) is 12.3. The Balaban J connectivity index is 3.99. The monoisotopic (exact) mass is 140 g/mol. The molecule has 0 aromatic carbocycles. The molecule has 0 unspecified atom stereocenters. The van der Waals surface area contributed by atoms with Gasteiger partial charge >= 0.3 is 0 Å². The number of rotatable bonds is 3. The maximum absolute atomic E-state index is 5.26. The molecule has 0 amide bonds. The van der Waals surface area contributed by atoms with E-state index in [0.29, 0.717) is 5.82 Å². The Morgan fingerprint density at radius 3 is 2.50 bits per heavy atom. The predicted octanol–water partition coefficient (Wildman–Crippen LogP) is 1.92. The van der Waals surface area contributed by atoms with Gasteiger partial charge in [-0.1, -0.05) is 27.4 Å². The first kappa shape index (κ1) is 9.21. The highest BCUT2D eigenvalue weighted by Crippen LogP contribution is 2.15. The molecule has 0 spiro atoms. The third-order valence-electron chi connectivity index (χ3n) is 1.49. The highest BCUT2D eigenvalue weighted by Gasteiger charge is 2.10. The van der Waals surface area contributed by atoms with E-state index in [1.54, 1.807) is 0 Å². The Labute approximate surface area is 62.8 Å². The zero-order chi connectivity index (χ0) is 8.20. The molecule has 0 fully saturated rings. The molecule has 0 atom stereocenters. The van der Waals surface area contributed by atoms with E-state index in [1.165, 1.54) is 0 Å². The SMILES string of the molecule is C=C(N)/N=C\C(C)(C)CC. The van der Waals surface area contributed by atoms with Crippen molar-refractivity contribution in [1.82, 2.24) is 0 Å². The fourth-order valence-electron chi connectivity index (χ4n) is 0.349. The minimum absolute atomic E-state index is 0.141. The molecule has 10 heavy (non-hydrogen) atoms. The second kappa shape index (κ2) is 3.40. The fraction of sp³-hybridized carbons (Fsp3) is 0.625. The van der Waals surface area contributed by atoms with E-state index in [0.717, 1.165) is 6.42 Å². The predicted molar refractivity (Wildman–Crippen MR) is 45.9 cm³/mol. The second-order valence-corrected chi connectivity index (χ2v) is 3.09. The zero-order valence-corrected chi connectivity index (χ0v) is 7.02. The van der Waals surface area contributed by atoms with Crippen LogP contribution >= 0.6 is 0 Å². The van der Waals surface area contributed by atoms with Crippen molar-refractivity contribution >= 4 is 6.21 Å². The van der Waals surface area contributed by atoms with E-state index in [1.807, 2.05) is 6.21 Å². The van der Waals surface area contributed by atoms with Crippen LogP contribution in [0.5, 0.6) is 0 Å². The van der Waals surface area contributed by atoms with Crippen molar-refractivity contribution in [1.29, 1.82) is 0 Å². The lowest BCUT2D eigenvalue weighted by Gasteiger charge is -2.14. The van der Waals surface area contributed by atoms with Crippen molar-refractivity contribution in [3.8, 4) is 0 Å². The Hall–Kier alpha value is -0.790. The van der Waals surface area contributed by atoms with Crippen molar-refractivity contribution < 1.29 is 0 Å². The summed E-state index contributed by atoms with van der Waals surface area (Å²) in [6.45, 7) is 9.81. The van der Waals surface area contributed by atoms with Crippen molar-refractivity contribution in [3.63, 3.8) is 0 Å². The summed E-state index contributed by atoms with van der Waals surface area (Å²) in [5.41, 5.74) is 5.40. The fourth-order valence-corrected chi connectivity index (χ4v) is 0.349. The summed E-state index contributed by atoms with van der Waals surface area (Å²) in [4.78, 5) is 3.93.